The highest BCUT2D eigenvalue weighted by atomic mass is 16.5. The van der Waals surface area contributed by atoms with Crippen LogP contribution in [0.1, 0.15) is 33.7 Å². The fourth-order valence-corrected chi connectivity index (χ4v) is 3.89. The molecular weight excluding hydrogens is 370 g/mol. The Morgan fingerprint density at radius 1 is 1.34 bits per heavy atom. The van der Waals surface area contributed by atoms with Crippen molar-refractivity contribution in [3.63, 3.8) is 0 Å². The van der Waals surface area contributed by atoms with Gasteiger partial charge in [0.25, 0.3) is 5.56 Å². The molecule has 3 aromatic rings. The summed E-state index contributed by atoms with van der Waals surface area (Å²) in [5, 5.41) is 12.2. The molecule has 1 aliphatic heterocycles. The number of pyridine rings is 1. The van der Waals surface area contributed by atoms with Gasteiger partial charge in [-0.2, -0.15) is 10.2 Å². The summed E-state index contributed by atoms with van der Waals surface area (Å²) < 4.78 is 9.29. The molecule has 9 nitrogen and oxygen atoms in total. The third-order valence-electron chi connectivity index (χ3n) is 5.88. The van der Waals surface area contributed by atoms with Crippen molar-refractivity contribution in [3.8, 4) is 11.3 Å². The summed E-state index contributed by atoms with van der Waals surface area (Å²) in [6.45, 7) is 10.6. The molecule has 1 aliphatic rings. The summed E-state index contributed by atoms with van der Waals surface area (Å²) >= 11 is 0. The van der Waals surface area contributed by atoms with Crippen molar-refractivity contribution in [1.29, 1.82) is 0 Å². The van der Waals surface area contributed by atoms with Gasteiger partial charge in [-0.05, 0) is 19.8 Å². The number of nitrogens with one attached hydrogen (secondary N) is 1. The van der Waals surface area contributed by atoms with Crippen molar-refractivity contribution in [2.75, 3.05) is 30.3 Å². The number of aromatic nitrogens is 5. The van der Waals surface area contributed by atoms with Crippen LogP contribution in [0, 0.1) is 5.92 Å². The monoisotopic (exact) mass is 399 g/mol. The molecule has 0 aliphatic carbocycles. The molecular formula is C20H29N7O2. The van der Waals surface area contributed by atoms with Crippen molar-refractivity contribution in [1.82, 2.24) is 24.5 Å². The molecule has 0 spiro atoms. The quantitative estimate of drug-likeness (QED) is 0.696. The Balaban J connectivity index is 1.87. The number of aryl methyl sites for hydroxylation is 1. The molecule has 4 rings (SSSR count). The van der Waals surface area contributed by atoms with Crippen molar-refractivity contribution in [2.24, 2.45) is 13.0 Å². The van der Waals surface area contributed by atoms with Crippen LogP contribution in [-0.4, -0.2) is 50.3 Å². The number of nitrogen functional groups attached to an aromatic ring is 1. The standard InChI is InChI=1S/C20H29N7O2/c1-11(2)13(4)27-10-14(18-17(20(27)28)19(21)23-22-18)15-8-16(25(5)24-15)26-6-7-29-12(3)9-26/h8,10-13H,6-7,9H2,1-5H3,(H3,21,22,23)/t12?,13-/m0/s1. The Hall–Kier alpha value is -2.81. The van der Waals surface area contributed by atoms with Crippen LogP contribution in [0.5, 0.6) is 0 Å². The van der Waals surface area contributed by atoms with Crippen LogP contribution >= 0.6 is 0 Å². The summed E-state index contributed by atoms with van der Waals surface area (Å²) in [6.07, 6.45) is 2.05. The number of anilines is 2. The first-order chi connectivity index (χ1) is 13.8. The lowest BCUT2D eigenvalue weighted by Gasteiger charge is -2.32. The lowest BCUT2D eigenvalue weighted by atomic mass is 10.0. The van der Waals surface area contributed by atoms with E-state index in [1.807, 2.05) is 24.9 Å². The summed E-state index contributed by atoms with van der Waals surface area (Å²) in [6, 6.07) is 2.07. The van der Waals surface area contributed by atoms with Crippen molar-refractivity contribution in [3.05, 3.63) is 22.6 Å². The molecule has 1 fully saturated rings. The van der Waals surface area contributed by atoms with Crippen molar-refractivity contribution in [2.45, 2.75) is 39.8 Å². The number of fused-ring (bicyclic) bond motifs is 1. The van der Waals surface area contributed by atoms with E-state index in [0.717, 1.165) is 30.2 Å². The Morgan fingerprint density at radius 3 is 2.79 bits per heavy atom. The van der Waals surface area contributed by atoms with Gasteiger partial charge in [-0.1, -0.05) is 13.8 Å². The zero-order valence-corrected chi connectivity index (χ0v) is 17.6. The molecule has 3 N–H and O–H groups in total. The predicted molar refractivity (Wildman–Crippen MR) is 114 cm³/mol. The number of nitrogens with two attached hydrogens (primary N) is 1. The Morgan fingerprint density at radius 2 is 2.10 bits per heavy atom. The third kappa shape index (κ3) is 3.29. The fourth-order valence-electron chi connectivity index (χ4n) is 3.89. The normalized spacial score (nSPS) is 18.7. The van der Waals surface area contributed by atoms with Gasteiger partial charge in [-0.15, -0.1) is 0 Å². The van der Waals surface area contributed by atoms with Crippen LogP contribution in [0.3, 0.4) is 0 Å². The van der Waals surface area contributed by atoms with Crippen LogP contribution < -0.4 is 16.2 Å². The highest BCUT2D eigenvalue weighted by Crippen LogP contribution is 2.31. The first-order valence-electron chi connectivity index (χ1n) is 10.1. The molecule has 2 atom stereocenters. The molecule has 156 valence electrons. The van der Waals surface area contributed by atoms with Crippen LogP contribution in [0.15, 0.2) is 17.1 Å². The van der Waals surface area contributed by atoms with E-state index in [9.17, 15) is 4.79 Å². The third-order valence-corrected chi connectivity index (χ3v) is 5.88. The molecule has 0 saturated carbocycles. The maximum Gasteiger partial charge on any atom is 0.264 e. The van der Waals surface area contributed by atoms with E-state index < -0.39 is 0 Å². The highest BCUT2D eigenvalue weighted by molar-refractivity contribution is 5.97. The number of aromatic amines is 1. The molecule has 9 heteroatoms. The van der Waals surface area contributed by atoms with Crippen LogP contribution in [0.2, 0.25) is 0 Å². The van der Waals surface area contributed by atoms with Gasteiger partial charge in [0, 0.05) is 44.0 Å². The van der Waals surface area contributed by atoms with E-state index >= 15 is 0 Å². The largest absolute Gasteiger partial charge is 0.382 e. The first kappa shape index (κ1) is 19.5. The molecule has 3 aromatic heterocycles. The number of nitrogens with zero attached hydrogens (tertiary/aromatic N) is 5. The zero-order valence-electron chi connectivity index (χ0n) is 17.6. The minimum atomic E-state index is -0.130. The number of H-pyrrole nitrogens is 1. The average Bonchev–Trinajstić information content (AvgIpc) is 3.25. The number of hydrogen-bond donors (Lipinski definition) is 2. The Bertz CT molecular complexity index is 1090. The second-order valence-corrected chi connectivity index (χ2v) is 8.24. The number of hydrogen-bond acceptors (Lipinski definition) is 6. The van der Waals surface area contributed by atoms with Crippen molar-refractivity contribution >= 4 is 22.5 Å². The maximum absolute atomic E-state index is 13.1. The molecule has 0 radical (unpaired) electrons. The summed E-state index contributed by atoms with van der Waals surface area (Å²) in [5.74, 6) is 1.53. The molecule has 4 heterocycles. The van der Waals surface area contributed by atoms with Gasteiger partial charge in [0.1, 0.15) is 11.2 Å². The predicted octanol–water partition coefficient (Wildman–Crippen LogP) is 2.15. The van der Waals surface area contributed by atoms with E-state index in [-0.39, 0.29) is 23.5 Å². The van der Waals surface area contributed by atoms with E-state index in [2.05, 4.69) is 41.9 Å². The highest BCUT2D eigenvalue weighted by Gasteiger charge is 2.24. The minimum Gasteiger partial charge on any atom is -0.382 e. The SMILES string of the molecule is CC1CN(c2cc(-c3cn([C@@H](C)C(C)C)c(=O)c4c(N)n[nH]c34)nn2C)CCO1. The number of morpholine rings is 1. The zero-order chi connectivity index (χ0) is 20.9. The summed E-state index contributed by atoms with van der Waals surface area (Å²) in [4.78, 5) is 15.3. The lowest BCUT2D eigenvalue weighted by Crippen LogP contribution is -2.41. The van der Waals surface area contributed by atoms with Gasteiger partial charge in [-0.25, -0.2) is 0 Å². The average molecular weight is 399 g/mol. The minimum absolute atomic E-state index is 0.0169. The summed E-state index contributed by atoms with van der Waals surface area (Å²) in [7, 11) is 1.93. The van der Waals surface area contributed by atoms with Crippen LogP contribution in [0.4, 0.5) is 11.6 Å². The van der Waals surface area contributed by atoms with Gasteiger partial charge >= 0.3 is 0 Å². The Kier molecular flexibility index (Phi) is 4.85. The second kappa shape index (κ2) is 7.22. The topological polar surface area (TPSA) is 107 Å². The van der Waals surface area contributed by atoms with Crippen LogP contribution in [-0.2, 0) is 11.8 Å². The first-order valence-corrected chi connectivity index (χ1v) is 10.1. The molecule has 0 aromatic carbocycles. The smallest absolute Gasteiger partial charge is 0.264 e. The molecule has 29 heavy (non-hydrogen) atoms. The van der Waals surface area contributed by atoms with E-state index in [1.165, 1.54) is 0 Å². The molecule has 1 unspecified atom stereocenters. The van der Waals surface area contributed by atoms with Crippen molar-refractivity contribution < 1.29 is 4.74 Å². The van der Waals surface area contributed by atoms with Gasteiger partial charge in [0.15, 0.2) is 5.82 Å². The molecule has 0 bridgehead atoms. The van der Waals surface area contributed by atoms with E-state index in [0.29, 0.717) is 23.4 Å². The van der Waals surface area contributed by atoms with Gasteiger partial charge in [0.2, 0.25) is 0 Å². The number of ether oxygens (including phenoxy) is 1. The van der Waals surface area contributed by atoms with E-state index in [1.54, 1.807) is 4.57 Å². The summed E-state index contributed by atoms with van der Waals surface area (Å²) in [5.41, 5.74) is 8.12. The maximum atomic E-state index is 13.1. The Labute approximate surface area is 169 Å². The van der Waals surface area contributed by atoms with Crippen LogP contribution in [0.25, 0.3) is 22.2 Å². The fraction of sp³-hybridized carbons (Fsp3) is 0.550. The number of rotatable bonds is 4. The molecule has 1 saturated heterocycles. The lowest BCUT2D eigenvalue weighted by molar-refractivity contribution is 0.0527. The van der Waals surface area contributed by atoms with E-state index in [4.69, 9.17) is 15.6 Å². The molecule has 0 amide bonds. The second-order valence-electron chi connectivity index (χ2n) is 8.24. The van der Waals surface area contributed by atoms with Gasteiger partial charge in [-0.3, -0.25) is 14.6 Å². The van der Waals surface area contributed by atoms with Gasteiger partial charge in [0.05, 0.1) is 23.9 Å². The van der Waals surface area contributed by atoms with Gasteiger partial charge < -0.3 is 19.9 Å².